The Balaban J connectivity index is 1.46. The quantitative estimate of drug-likeness (QED) is 0.387. The topological polar surface area (TPSA) is 0 Å². The van der Waals surface area contributed by atoms with Crippen molar-refractivity contribution in [3.63, 3.8) is 0 Å². The maximum atomic E-state index is 2.54. The Morgan fingerprint density at radius 1 is 0.522 bits per heavy atom. The Morgan fingerprint density at radius 3 is 1.00 bits per heavy atom. The summed E-state index contributed by atoms with van der Waals surface area (Å²) in [4.78, 5) is 8.85. The van der Waals surface area contributed by atoms with Crippen molar-refractivity contribution in [3.8, 4) is 0 Å². The Bertz CT molecular complexity index is 1010. The van der Waals surface area contributed by atoms with Gasteiger partial charge in [-0.05, 0) is 0 Å². The monoisotopic (exact) mass is 354 g/mol. The minimum absolute atomic E-state index is 1.13. The molecule has 0 aromatic rings. The van der Waals surface area contributed by atoms with Crippen molar-refractivity contribution in [3.05, 3.63) is 0 Å². The van der Waals surface area contributed by atoms with Crippen LogP contribution in [-0.2, 0) is 6.51 Å². The average Bonchev–Trinajstić information content (AvgIpc) is 3.47. The molecule has 8 unspecified atom stereocenters. The number of hydrogen-bond acceptors (Lipinski definition) is 0. The van der Waals surface area contributed by atoms with Crippen molar-refractivity contribution >= 4 is 0 Å². The first kappa shape index (κ1) is 11.3. The van der Waals surface area contributed by atoms with E-state index in [0.29, 0.717) is 0 Å². The molecule has 0 radical (unpaired) electrons. The van der Waals surface area contributed by atoms with E-state index < -0.39 is 6.51 Å². The van der Waals surface area contributed by atoms with Crippen LogP contribution in [-0.4, -0.2) is 0 Å². The first-order valence-electron chi connectivity index (χ1n) is 11.2. The third-order valence-corrected chi connectivity index (χ3v) is 65.0. The molecule has 0 nitrogen and oxygen atoms in total. The van der Waals surface area contributed by atoms with Crippen LogP contribution in [0.4, 0.5) is 0 Å². The standard InChI is InChI=1S/2C11H17.Fe/c2*1-3-5-10-7-8-11(9-10)6-4-2;/h2*7-9H,3-6H2,1-2H3;. The molecule has 1 spiro atoms. The van der Waals surface area contributed by atoms with E-state index in [1.54, 1.807) is 25.7 Å². The van der Waals surface area contributed by atoms with Crippen molar-refractivity contribution in [1.29, 1.82) is 0 Å². The van der Waals surface area contributed by atoms with E-state index in [9.17, 15) is 0 Å². The molecule has 23 heavy (non-hydrogen) atoms. The molecule has 10 fully saturated rings. The summed E-state index contributed by atoms with van der Waals surface area (Å²) in [5.41, 5.74) is 0. The fraction of sp³-hybridized carbons (Fsp3) is 1.00. The molecule has 8 atom stereocenters. The van der Waals surface area contributed by atoms with Gasteiger partial charge in [0.25, 0.3) is 0 Å². The second-order valence-corrected chi connectivity index (χ2v) is 36.6. The Hall–Kier alpha value is 0.519. The Morgan fingerprint density at radius 2 is 0.783 bits per heavy atom. The zero-order chi connectivity index (χ0) is 15.4. The Kier molecular flexibility index (Phi) is 0.560. The van der Waals surface area contributed by atoms with Gasteiger partial charge in [0.15, 0.2) is 0 Å². The molecule has 0 aromatic carbocycles. The van der Waals surface area contributed by atoms with Crippen molar-refractivity contribution in [2.75, 3.05) is 0 Å². The number of fused-ring (bicyclic) bond motifs is 10. The van der Waals surface area contributed by atoms with Crippen LogP contribution < -0.4 is 0 Å². The summed E-state index contributed by atoms with van der Waals surface area (Å²) >= 11 is 0. The summed E-state index contributed by atoms with van der Waals surface area (Å²) in [6, 6.07) is 0. The summed E-state index contributed by atoms with van der Waals surface area (Å²) in [6.07, 6.45) is 13.1. The molecular formula is C22H34Fe. The molecule has 10 aliphatic rings. The molecule has 130 valence electrons. The van der Waals surface area contributed by atoms with Crippen molar-refractivity contribution in [1.82, 2.24) is 0 Å². The van der Waals surface area contributed by atoms with E-state index in [0.717, 1.165) is 17.3 Å². The molecular weight excluding hydrogens is 320 g/mol. The first-order chi connectivity index (χ1) is 10.9. The second-order valence-electron chi connectivity index (χ2n) is 13.6. The number of hydrogen-bond donors (Lipinski definition) is 0. The van der Waals surface area contributed by atoms with Gasteiger partial charge in [-0.2, -0.15) is 0 Å². The zero-order valence-corrected chi connectivity index (χ0v) is 16.6. The van der Waals surface area contributed by atoms with Gasteiger partial charge in [0.2, 0.25) is 0 Å². The summed E-state index contributed by atoms with van der Waals surface area (Å²) in [7, 11) is 0. The zero-order valence-electron chi connectivity index (χ0n) is 15.5. The molecule has 10 rings (SSSR count). The predicted octanol–water partition coefficient (Wildman–Crippen LogP) is 8.06. The van der Waals surface area contributed by atoms with Crippen LogP contribution in [0.25, 0.3) is 0 Å². The van der Waals surface area contributed by atoms with Gasteiger partial charge in [0.05, 0.1) is 0 Å². The van der Waals surface area contributed by atoms with E-state index in [2.05, 4.69) is 27.7 Å². The molecule has 0 bridgehead atoms. The first-order valence-corrected chi connectivity index (χ1v) is 17.2. The molecule has 0 aliphatic carbocycles. The molecule has 0 amide bonds. The van der Waals surface area contributed by atoms with E-state index in [4.69, 9.17) is 0 Å². The van der Waals surface area contributed by atoms with E-state index in [1.807, 2.05) is 0 Å². The SMILES string of the molecule is CCC[C]12[CH]3[CH]4[C]5(CCC)[CH]1[Fe]34251678[CH]2[CH]1[C]6(CCC)[CH]7[C]28CCC. The van der Waals surface area contributed by atoms with Crippen LogP contribution in [0.5, 0.6) is 0 Å². The summed E-state index contributed by atoms with van der Waals surface area (Å²) in [5, 5.41) is 0. The van der Waals surface area contributed by atoms with Crippen LogP contribution in [0.15, 0.2) is 0 Å². The molecule has 10 aliphatic heterocycles. The van der Waals surface area contributed by atoms with Gasteiger partial charge in [-0.1, -0.05) is 0 Å². The molecule has 1 heteroatoms. The van der Waals surface area contributed by atoms with Gasteiger partial charge in [-0.15, -0.1) is 0 Å². The average molecular weight is 354 g/mol. The second kappa shape index (κ2) is 1.14. The van der Waals surface area contributed by atoms with Crippen LogP contribution in [0.2, 0.25) is 46.2 Å². The van der Waals surface area contributed by atoms with Gasteiger partial charge in [0, 0.05) is 0 Å². The normalized spacial score (nSPS) is 101. The van der Waals surface area contributed by atoms with Gasteiger partial charge in [-0.25, -0.2) is 0 Å². The summed E-state index contributed by atoms with van der Waals surface area (Å²) in [5.74, 6) is 0. The van der Waals surface area contributed by atoms with Crippen LogP contribution >= 0.6 is 0 Å². The minimum atomic E-state index is -3.31. The van der Waals surface area contributed by atoms with Gasteiger partial charge < -0.3 is 0 Å². The molecule has 10 saturated heterocycles. The fourth-order valence-electron chi connectivity index (χ4n) is 23.4. The Labute approximate surface area is 131 Å². The van der Waals surface area contributed by atoms with E-state index in [-0.39, 0.29) is 0 Å². The van der Waals surface area contributed by atoms with Crippen LogP contribution in [0.1, 0.15) is 79.1 Å². The van der Waals surface area contributed by atoms with Gasteiger partial charge in [0.1, 0.15) is 0 Å². The third kappa shape index (κ3) is 0.132. The number of rotatable bonds is 8. The molecule has 0 aromatic heterocycles. The van der Waals surface area contributed by atoms with Crippen molar-refractivity contribution in [2.45, 2.75) is 125 Å². The van der Waals surface area contributed by atoms with E-state index >= 15 is 0 Å². The maximum absolute atomic E-state index is 3.31. The molecule has 0 N–H and O–H groups in total. The molecule has 0 saturated carbocycles. The van der Waals surface area contributed by atoms with Crippen LogP contribution in [0, 0.1) is 0 Å². The molecule has 10 heterocycles. The summed E-state index contributed by atoms with van der Waals surface area (Å²) < 4.78 is 4.53. The van der Waals surface area contributed by atoms with Gasteiger partial charge >= 0.3 is 132 Å². The van der Waals surface area contributed by atoms with Crippen molar-refractivity contribution < 1.29 is 6.51 Å². The third-order valence-electron chi connectivity index (χ3n) is 18.7. The fourth-order valence-corrected chi connectivity index (χ4v) is 108. The van der Waals surface area contributed by atoms with E-state index in [1.165, 1.54) is 54.6 Å². The predicted molar refractivity (Wildman–Crippen MR) is 92.9 cm³/mol. The van der Waals surface area contributed by atoms with Crippen LogP contribution in [0.3, 0.4) is 0 Å². The summed E-state index contributed by atoms with van der Waals surface area (Å²) in [6.45, 7) is 6.85. The van der Waals surface area contributed by atoms with Crippen molar-refractivity contribution in [2.24, 2.45) is 0 Å². The van der Waals surface area contributed by atoms with Gasteiger partial charge in [-0.3, -0.25) is 0 Å².